The van der Waals surface area contributed by atoms with Crippen LogP contribution >= 0.6 is 0 Å². The molecule has 14 heavy (non-hydrogen) atoms. The number of furan rings is 1. The highest BCUT2D eigenvalue weighted by Gasteiger charge is 2.37. The predicted octanol–water partition coefficient (Wildman–Crippen LogP) is 2.60. The third-order valence-corrected chi connectivity index (χ3v) is 3.29. The SMILES string of the molecule is CCNCC1(Cc2ccco2)CCC1. The number of rotatable bonds is 5. The fraction of sp³-hybridized carbons (Fsp3) is 0.667. The maximum Gasteiger partial charge on any atom is 0.104 e. The van der Waals surface area contributed by atoms with E-state index in [1.54, 1.807) is 6.26 Å². The van der Waals surface area contributed by atoms with Crippen molar-refractivity contribution < 1.29 is 4.42 Å². The molecule has 1 fully saturated rings. The van der Waals surface area contributed by atoms with Gasteiger partial charge in [0.15, 0.2) is 0 Å². The Bertz CT molecular complexity index is 262. The van der Waals surface area contributed by atoms with Gasteiger partial charge in [-0.1, -0.05) is 13.3 Å². The smallest absolute Gasteiger partial charge is 0.104 e. The molecule has 0 atom stereocenters. The second-order valence-corrected chi connectivity index (χ2v) is 4.39. The minimum Gasteiger partial charge on any atom is -0.469 e. The van der Waals surface area contributed by atoms with Crippen molar-refractivity contribution in [1.82, 2.24) is 5.32 Å². The van der Waals surface area contributed by atoms with Crippen LogP contribution in [-0.4, -0.2) is 13.1 Å². The first-order valence-corrected chi connectivity index (χ1v) is 5.58. The van der Waals surface area contributed by atoms with E-state index in [-0.39, 0.29) is 0 Å². The lowest BCUT2D eigenvalue weighted by molar-refractivity contribution is 0.122. The molecule has 1 aliphatic carbocycles. The van der Waals surface area contributed by atoms with Crippen LogP contribution in [0.1, 0.15) is 31.9 Å². The summed E-state index contributed by atoms with van der Waals surface area (Å²) in [6, 6.07) is 4.07. The first-order valence-electron chi connectivity index (χ1n) is 5.58. The van der Waals surface area contributed by atoms with Gasteiger partial charge in [0.25, 0.3) is 0 Å². The topological polar surface area (TPSA) is 25.2 Å². The lowest BCUT2D eigenvalue weighted by Crippen LogP contribution is -2.41. The summed E-state index contributed by atoms with van der Waals surface area (Å²) in [6.45, 7) is 4.38. The zero-order valence-electron chi connectivity index (χ0n) is 8.88. The Labute approximate surface area is 85.7 Å². The molecule has 0 unspecified atom stereocenters. The molecule has 1 N–H and O–H groups in total. The summed E-state index contributed by atoms with van der Waals surface area (Å²) in [5.74, 6) is 1.14. The van der Waals surface area contributed by atoms with Crippen molar-refractivity contribution >= 4 is 0 Å². The van der Waals surface area contributed by atoms with E-state index in [4.69, 9.17) is 4.42 Å². The summed E-state index contributed by atoms with van der Waals surface area (Å²) < 4.78 is 5.42. The Morgan fingerprint density at radius 3 is 2.86 bits per heavy atom. The van der Waals surface area contributed by atoms with E-state index in [1.807, 2.05) is 6.07 Å². The minimum atomic E-state index is 0.494. The Morgan fingerprint density at radius 1 is 1.50 bits per heavy atom. The van der Waals surface area contributed by atoms with E-state index in [9.17, 15) is 0 Å². The molecule has 78 valence electrons. The summed E-state index contributed by atoms with van der Waals surface area (Å²) in [5, 5.41) is 3.46. The Balaban J connectivity index is 1.92. The summed E-state index contributed by atoms with van der Waals surface area (Å²) >= 11 is 0. The van der Waals surface area contributed by atoms with Crippen molar-refractivity contribution in [2.24, 2.45) is 5.41 Å². The van der Waals surface area contributed by atoms with Gasteiger partial charge in [-0.25, -0.2) is 0 Å². The fourth-order valence-corrected chi connectivity index (χ4v) is 2.27. The van der Waals surface area contributed by atoms with Crippen molar-refractivity contribution in [3.63, 3.8) is 0 Å². The average molecular weight is 193 g/mol. The fourth-order valence-electron chi connectivity index (χ4n) is 2.27. The molecule has 1 heterocycles. The summed E-state index contributed by atoms with van der Waals surface area (Å²) in [7, 11) is 0. The Morgan fingerprint density at radius 2 is 2.36 bits per heavy atom. The highest BCUT2D eigenvalue weighted by Crippen LogP contribution is 2.43. The van der Waals surface area contributed by atoms with Gasteiger partial charge in [0.1, 0.15) is 5.76 Å². The molecule has 1 aliphatic rings. The third kappa shape index (κ3) is 2.01. The molecule has 0 aromatic carbocycles. The van der Waals surface area contributed by atoms with Crippen LogP contribution in [0.5, 0.6) is 0 Å². The molecule has 0 saturated heterocycles. The van der Waals surface area contributed by atoms with Crippen LogP contribution in [0.2, 0.25) is 0 Å². The van der Waals surface area contributed by atoms with Crippen molar-refractivity contribution in [3.05, 3.63) is 24.2 Å². The lowest BCUT2D eigenvalue weighted by Gasteiger charge is -2.41. The molecule has 0 aliphatic heterocycles. The standard InChI is InChI=1S/C12H19NO/c1-2-13-10-12(6-4-7-12)9-11-5-3-8-14-11/h3,5,8,13H,2,4,6-7,9-10H2,1H3. The van der Waals surface area contributed by atoms with Gasteiger partial charge < -0.3 is 9.73 Å². The van der Waals surface area contributed by atoms with Crippen molar-refractivity contribution in [2.75, 3.05) is 13.1 Å². The Hall–Kier alpha value is -0.760. The normalized spacial score (nSPS) is 19.2. The number of hydrogen-bond donors (Lipinski definition) is 1. The zero-order chi connectivity index (χ0) is 9.86. The largest absolute Gasteiger partial charge is 0.469 e. The molecular weight excluding hydrogens is 174 g/mol. The number of nitrogens with one attached hydrogen (secondary N) is 1. The monoisotopic (exact) mass is 193 g/mol. The maximum atomic E-state index is 5.42. The van der Waals surface area contributed by atoms with E-state index >= 15 is 0 Å². The van der Waals surface area contributed by atoms with E-state index in [0.717, 1.165) is 25.3 Å². The molecule has 2 nitrogen and oxygen atoms in total. The van der Waals surface area contributed by atoms with Crippen LogP contribution in [0, 0.1) is 5.41 Å². The second-order valence-electron chi connectivity index (χ2n) is 4.39. The van der Waals surface area contributed by atoms with Crippen LogP contribution in [0.15, 0.2) is 22.8 Å². The van der Waals surface area contributed by atoms with Gasteiger partial charge in [-0.15, -0.1) is 0 Å². The highest BCUT2D eigenvalue weighted by molar-refractivity contribution is 5.05. The molecule has 0 bridgehead atoms. The van der Waals surface area contributed by atoms with Crippen LogP contribution in [0.3, 0.4) is 0 Å². The first-order chi connectivity index (χ1) is 6.85. The van der Waals surface area contributed by atoms with Gasteiger partial charge in [0.2, 0.25) is 0 Å². The maximum absolute atomic E-state index is 5.42. The van der Waals surface area contributed by atoms with Gasteiger partial charge in [-0.2, -0.15) is 0 Å². The molecule has 0 radical (unpaired) electrons. The molecule has 0 spiro atoms. The Kier molecular flexibility index (Phi) is 2.92. The zero-order valence-corrected chi connectivity index (χ0v) is 8.88. The molecule has 2 rings (SSSR count). The van der Waals surface area contributed by atoms with Crippen LogP contribution in [0.4, 0.5) is 0 Å². The average Bonchev–Trinajstić information content (AvgIpc) is 2.62. The third-order valence-electron chi connectivity index (χ3n) is 3.29. The van der Waals surface area contributed by atoms with Crippen LogP contribution < -0.4 is 5.32 Å². The second kappa shape index (κ2) is 4.18. The van der Waals surface area contributed by atoms with E-state index in [2.05, 4.69) is 18.3 Å². The van der Waals surface area contributed by atoms with Gasteiger partial charge in [-0.05, 0) is 36.9 Å². The minimum absolute atomic E-state index is 0.494. The van der Waals surface area contributed by atoms with Gasteiger partial charge in [0, 0.05) is 13.0 Å². The van der Waals surface area contributed by atoms with Crippen molar-refractivity contribution in [3.8, 4) is 0 Å². The molecule has 1 aromatic heterocycles. The van der Waals surface area contributed by atoms with Crippen LogP contribution in [0.25, 0.3) is 0 Å². The van der Waals surface area contributed by atoms with Gasteiger partial charge in [0.05, 0.1) is 6.26 Å². The van der Waals surface area contributed by atoms with Crippen molar-refractivity contribution in [1.29, 1.82) is 0 Å². The van der Waals surface area contributed by atoms with Crippen LogP contribution in [-0.2, 0) is 6.42 Å². The van der Waals surface area contributed by atoms with E-state index < -0.39 is 0 Å². The molecule has 1 aromatic rings. The molecule has 1 saturated carbocycles. The van der Waals surface area contributed by atoms with Crippen molar-refractivity contribution in [2.45, 2.75) is 32.6 Å². The molecular formula is C12H19NO. The molecule has 2 heteroatoms. The van der Waals surface area contributed by atoms with Gasteiger partial charge >= 0.3 is 0 Å². The number of hydrogen-bond acceptors (Lipinski definition) is 2. The quantitative estimate of drug-likeness (QED) is 0.777. The predicted molar refractivity (Wildman–Crippen MR) is 57.2 cm³/mol. The van der Waals surface area contributed by atoms with Gasteiger partial charge in [-0.3, -0.25) is 0 Å². The highest BCUT2D eigenvalue weighted by atomic mass is 16.3. The summed E-state index contributed by atoms with van der Waals surface area (Å²) in [6.07, 6.45) is 6.95. The lowest BCUT2D eigenvalue weighted by atomic mass is 9.66. The van der Waals surface area contributed by atoms with E-state index in [0.29, 0.717) is 5.41 Å². The molecule has 0 amide bonds. The summed E-state index contributed by atoms with van der Waals surface area (Å²) in [5.41, 5.74) is 0.494. The first kappa shape index (κ1) is 9.78. The summed E-state index contributed by atoms with van der Waals surface area (Å²) in [4.78, 5) is 0. The van der Waals surface area contributed by atoms with E-state index in [1.165, 1.54) is 19.3 Å².